The molecule has 0 unspecified atom stereocenters. The Morgan fingerprint density at radius 3 is 2.74 bits per heavy atom. The van der Waals surface area contributed by atoms with E-state index in [1.54, 1.807) is 12.1 Å². The number of ether oxygens (including phenoxy) is 1. The minimum Gasteiger partial charge on any atom is -0.495 e. The topological polar surface area (TPSA) is 99.3 Å². The number of halogens is 2. The first kappa shape index (κ1) is 17.0. The third kappa shape index (κ3) is 3.72. The van der Waals surface area contributed by atoms with E-state index in [0.717, 1.165) is 4.68 Å². The van der Waals surface area contributed by atoms with E-state index < -0.39 is 16.6 Å². The van der Waals surface area contributed by atoms with Crippen molar-refractivity contribution in [2.45, 2.75) is 13.5 Å². The second-order valence-corrected chi connectivity index (χ2v) is 5.34. The van der Waals surface area contributed by atoms with Gasteiger partial charge in [0.25, 0.3) is 0 Å². The molecule has 8 nitrogen and oxygen atoms in total. The third-order valence-electron chi connectivity index (χ3n) is 3.02. The number of benzene rings is 1. The maximum atomic E-state index is 12.1. The van der Waals surface area contributed by atoms with Crippen LogP contribution in [0.25, 0.3) is 0 Å². The van der Waals surface area contributed by atoms with Crippen molar-refractivity contribution in [3.05, 3.63) is 44.1 Å². The van der Waals surface area contributed by atoms with Crippen molar-refractivity contribution in [1.82, 2.24) is 9.78 Å². The number of amides is 1. The van der Waals surface area contributed by atoms with E-state index >= 15 is 0 Å². The van der Waals surface area contributed by atoms with E-state index in [9.17, 15) is 14.9 Å². The summed E-state index contributed by atoms with van der Waals surface area (Å²) in [6.07, 6.45) is 0. The van der Waals surface area contributed by atoms with Crippen LogP contribution in [0.5, 0.6) is 5.75 Å². The Bertz CT molecular complexity index is 776. The number of hydrogen-bond acceptors (Lipinski definition) is 5. The Labute approximate surface area is 141 Å². The molecule has 2 rings (SSSR count). The Balaban J connectivity index is 2.19. The van der Waals surface area contributed by atoms with Crippen molar-refractivity contribution in [3.8, 4) is 5.75 Å². The van der Waals surface area contributed by atoms with Crippen LogP contribution in [0.1, 0.15) is 5.69 Å². The predicted octanol–water partition coefficient (Wildman–Crippen LogP) is 3.05. The summed E-state index contributed by atoms with van der Waals surface area (Å²) in [5.41, 5.74) is 0.710. The molecule has 23 heavy (non-hydrogen) atoms. The zero-order valence-corrected chi connectivity index (χ0v) is 13.7. The van der Waals surface area contributed by atoms with Crippen LogP contribution in [0.4, 0.5) is 11.5 Å². The molecule has 1 N–H and O–H groups in total. The summed E-state index contributed by atoms with van der Waals surface area (Å²) in [4.78, 5) is 22.2. The zero-order chi connectivity index (χ0) is 17.1. The molecule has 2 aromatic rings. The molecule has 0 spiro atoms. The molecule has 1 aromatic carbocycles. The Morgan fingerprint density at radius 2 is 2.17 bits per heavy atom. The van der Waals surface area contributed by atoms with E-state index in [4.69, 9.17) is 27.9 Å². The molecule has 0 fully saturated rings. The monoisotopic (exact) mass is 358 g/mol. The van der Waals surface area contributed by atoms with Crippen LogP contribution in [0.3, 0.4) is 0 Å². The van der Waals surface area contributed by atoms with Gasteiger partial charge in [-0.1, -0.05) is 23.2 Å². The minimum absolute atomic E-state index is 0.0943. The van der Waals surface area contributed by atoms with Crippen LogP contribution in [-0.4, -0.2) is 27.7 Å². The van der Waals surface area contributed by atoms with E-state index in [-0.39, 0.29) is 11.6 Å². The van der Waals surface area contributed by atoms with Gasteiger partial charge in [0.2, 0.25) is 5.91 Å². The van der Waals surface area contributed by atoms with Crippen molar-refractivity contribution in [2.75, 3.05) is 12.4 Å². The first-order valence-electron chi connectivity index (χ1n) is 6.34. The molecule has 0 bridgehead atoms. The number of nitrogens with one attached hydrogen (secondary N) is 1. The molecule has 0 aliphatic carbocycles. The number of hydrogen-bond donors (Lipinski definition) is 1. The van der Waals surface area contributed by atoms with Gasteiger partial charge in [-0.25, -0.2) is 0 Å². The summed E-state index contributed by atoms with van der Waals surface area (Å²) in [7, 11) is 1.46. The molecule has 0 radical (unpaired) electrons. The van der Waals surface area contributed by atoms with E-state index in [1.807, 2.05) is 0 Å². The summed E-state index contributed by atoms with van der Waals surface area (Å²) in [5, 5.41) is 17.5. The average molecular weight is 359 g/mol. The number of carbonyl (C=O) groups is 1. The van der Waals surface area contributed by atoms with Gasteiger partial charge in [-0.3, -0.25) is 4.79 Å². The van der Waals surface area contributed by atoms with E-state index in [1.165, 1.54) is 20.1 Å². The standard InChI is InChI=1S/C13H12Cl2N4O4/c1-7-12(15)13(19(21)22)17-18(7)6-11(20)16-9-5-8(14)3-4-10(9)23-2/h3-5H,6H2,1-2H3,(H,16,20). The summed E-state index contributed by atoms with van der Waals surface area (Å²) in [6, 6.07) is 4.76. The summed E-state index contributed by atoms with van der Waals surface area (Å²) in [6.45, 7) is 1.30. The van der Waals surface area contributed by atoms with Gasteiger partial charge in [0.1, 0.15) is 12.3 Å². The maximum Gasteiger partial charge on any atom is 0.408 e. The second-order valence-electron chi connectivity index (χ2n) is 4.53. The van der Waals surface area contributed by atoms with Gasteiger partial charge < -0.3 is 20.2 Å². The highest BCUT2D eigenvalue weighted by molar-refractivity contribution is 6.33. The molecule has 1 aromatic heterocycles. The Kier molecular flexibility index (Phi) is 5.07. The lowest BCUT2D eigenvalue weighted by atomic mass is 10.3. The number of nitrogens with zero attached hydrogens (tertiary/aromatic N) is 3. The van der Waals surface area contributed by atoms with Crippen LogP contribution in [0.15, 0.2) is 18.2 Å². The fourth-order valence-electron chi connectivity index (χ4n) is 1.88. The predicted molar refractivity (Wildman–Crippen MR) is 85.3 cm³/mol. The molecular weight excluding hydrogens is 347 g/mol. The molecule has 0 atom stereocenters. The molecule has 10 heteroatoms. The highest BCUT2D eigenvalue weighted by Crippen LogP contribution is 2.28. The number of rotatable bonds is 5. The SMILES string of the molecule is COc1ccc(Cl)cc1NC(=O)Cn1nc([N+](=O)[O-])c(Cl)c1C. The normalized spacial score (nSPS) is 10.4. The van der Waals surface area contributed by atoms with Crippen molar-refractivity contribution in [1.29, 1.82) is 0 Å². The zero-order valence-electron chi connectivity index (χ0n) is 12.2. The van der Waals surface area contributed by atoms with Crippen LogP contribution in [0.2, 0.25) is 10.0 Å². The highest BCUT2D eigenvalue weighted by atomic mass is 35.5. The van der Waals surface area contributed by atoms with Crippen molar-refractivity contribution in [2.24, 2.45) is 0 Å². The van der Waals surface area contributed by atoms with Gasteiger partial charge in [-0.2, -0.15) is 4.68 Å². The highest BCUT2D eigenvalue weighted by Gasteiger charge is 2.25. The number of nitro groups is 1. The molecule has 122 valence electrons. The number of aromatic nitrogens is 2. The maximum absolute atomic E-state index is 12.1. The molecule has 1 amide bonds. The van der Waals surface area contributed by atoms with Gasteiger partial charge in [0, 0.05) is 5.02 Å². The number of carbonyl (C=O) groups excluding carboxylic acids is 1. The lowest BCUT2D eigenvalue weighted by Crippen LogP contribution is -2.20. The first-order valence-corrected chi connectivity index (χ1v) is 7.09. The van der Waals surface area contributed by atoms with Crippen LogP contribution >= 0.6 is 23.2 Å². The van der Waals surface area contributed by atoms with E-state index in [2.05, 4.69) is 10.4 Å². The molecular formula is C13H12Cl2N4O4. The molecule has 0 aliphatic rings. The lowest BCUT2D eigenvalue weighted by molar-refractivity contribution is -0.389. The summed E-state index contributed by atoms with van der Waals surface area (Å²) >= 11 is 11.7. The van der Waals surface area contributed by atoms with Gasteiger partial charge in [0.05, 0.1) is 23.6 Å². The average Bonchev–Trinajstić information content (AvgIpc) is 2.76. The smallest absolute Gasteiger partial charge is 0.408 e. The third-order valence-corrected chi connectivity index (χ3v) is 3.70. The first-order chi connectivity index (χ1) is 10.8. The fraction of sp³-hybridized carbons (Fsp3) is 0.231. The second kappa shape index (κ2) is 6.84. The quantitative estimate of drug-likeness (QED) is 0.653. The van der Waals surface area contributed by atoms with Crippen LogP contribution < -0.4 is 10.1 Å². The molecule has 0 saturated carbocycles. The van der Waals surface area contributed by atoms with Crippen molar-refractivity contribution in [3.63, 3.8) is 0 Å². The van der Waals surface area contributed by atoms with Crippen molar-refractivity contribution >= 4 is 40.6 Å². The molecule has 0 saturated heterocycles. The van der Waals surface area contributed by atoms with Gasteiger partial charge >= 0.3 is 5.82 Å². The van der Waals surface area contributed by atoms with Crippen LogP contribution in [-0.2, 0) is 11.3 Å². The Hall–Kier alpha value is -2.32. The molecule has 0 aliphatic heterocycles. The number of anilines is 1. The van der Waals surface area contributed by atoms with E-state index in [0.29, 0.717) is 22.2 Å². The van der Waals surface area contributed by atoms with Gasteiger partial charge in [-0.05, 0) is 30.0 Å². The van der Waals surface area contributed by atoms with Gasteiger partial charge in [-0.15, -0.1) is 0 Å². The Morgan fingerprint density at radius 1 is 1.48 bits per heavy atom. The van der Waals surface area contributed by atoms with Gasteiger partial charge in [0.15, 0.2) is 5.02 Å². The minimum atomic E-state index is -0.705. The lowest BCUT2D eigenvalue weighted by Gasteiger charge is -2.10. The summed E-state index contributed by atoms with van der Waals surface area (Å²) < 4.78 is 6.28. The molecule has 1 heterocycles. The largest absolute Gasteiger partial charge is 0.495 e. The fourth-order valence-corrected chi connectivity index (χ4v) is 2.26. The number of methoxy groups -OCH3 is 1. The van der Waals surface area contributed by atoms with Crippen LogP contribution in [0, 0.1) is 17.0 Å². The van der Waals surface area contributed by atoms with Crippen molar-refractivity contribution < 1.29 is 14.5 Å². The summed E-state index contributed by atoms with van der Waals surface area (Å²) in [5.74, 6) is -0.510.